The molecule has 0 radical (unpaired) electrons. The molecule has 1 N–H and O–H groups in total. The van der Waals surface area contributed by atoms with Crippen LogP contribution < -0.4 is 5.32 Å². The summed E-state index contributed by atoms with van der Waals surface area (Å²) in [6, 6.07) is 9.11. The molecule has 4 rings (SSSR count). The maximum atomic E-state index is 13.9. The van der Waals surface area contributed by atoms with Crippen molar-refractivity contribution in [3.05, 3.63) is 76.2 Å². The Labute approximate surface area is 162 Å². The van der Waals surface area contributed by atoms with E-state index in [1.165, 1.54) is 11.6 Å². The van der Waals surface area contributed by atoms with Crippen LogP contribution in [0.15, 0.2) is 40.8 Å². The van der Waals surface area contributed by atoms with Crippen molar-refractivity contribution < 1.29 is 18.0 Å². The van der Waals surface area contributed by atoms with E-state index in [1.807, 2.05) is 26.0 Å². The van der Waals surface area contributed by atoms with Crippen molar-refractivity contribution in [1.82, 2.24) is 0 Å². The zero-order chi connectivity index (χ0) is 19.8. The number of aryl methyl sites for hydroxylation is 3. The lowest BCUT2D eigenvalue weighted by molar-refractivity contribution is 0.101. The van der Waals surface area contributed by atoms with Gasteiger partial charge in [0.1, 0.15) is 28.7 Å². The number of benzene rings is 2. The summed E-state index contributed by atoms with van der Waals surface area (Å²) in [5.41, 5.74) is 4.31. The minimum atomic E-state index is -0.878. The van der Waals surface area contributed by atoms with Gasteiger partial charge in [-0.2, -0.15) is 0 Å². The Kier molecular flexibility index (Phi) is 4.75. The molecule has 2 aromatic carbocycles. The number of carbonyl (C=O) groups excluding carboxylic acids is 1. The van der Waals surface area contributed by atoms with E-state index in [0.717, 1.165) is 59.6 Å². The van der Waals surface area contributed by atoms with E-state index in [1.54, 1.807) is 6.07 Å². The van der Waals surface area contributed by atoms with Gasteiger partial charge in [-0.1, -0.05) is 19.1 Å². The van der Waals surface area contributed by atoms with Crippen molar-refractivity contribution in [2.45, 2.75) is 39.5 Å². The number of amides is 1. The molecule has 0 spiro atoms. The summed E-state index contributed by atoms with van der Waals surface area (Å²) >= 11 is 0. The van der Waals surface area contributed by atoms with Crippen molar-refractivity contribution in [3.8, 4) is 11.1 Å². The van der Waals surface area contributed by atoms with Crippen LogP contribution >= 0.6 is 0 Å². The van der Waals surface area contributed by atoms with Gasteiger partial charge in [-0.3, -0.25) is 4.79 Å². The molecule has 0 atom stereocenters. The number of fused-ring (bicyclic) bond motifs is 1. The molecule has 3 aromatic rings. The zero-order valence-corrected chi connectivity index (χ0v) is 15.9. The number of rotatable bonds is 4. The van der Waals surface area contributed by atoms with Gasteiger partial charge >= 0.3 is 0 Å². The second kappa shape index (κ2) is 7.23. The first-order chi connectivity index (χ1) is 13.5. The van der Waals surface area contributed by atoms with Gasteiger partial charge in [0.15, 0.2) is 0 Å². The Balaban J connectivity index is 1.68. The van der Waals surface area contributed by atoms with Crippen LogP contribution in [0, 0.1) is 18.6 Å². The van der Waals surface area contributed by atoms with Crippen molar-refractivity contribution >= 4 is 11.6 Å². The van der Waals surface area contributed by atoms with Crippen LogP contribution in [0.2, 0.25) is 0 Å². The van der Waals surface area contributed by atoms with Gasteiger partial charge in [-0.15, -0.1) is 0 Å². The molecule has 1 aliphatic rings. The SMILES string of the molecule is CCc1cc(-c2c(C)oc3c2CCC3)ccc1NC(=O)c1c(F)cccc1F. The molecule has 0 saturated heterocycles. The molecular formula is C23H21F2NO2. The Hall–Kier alpha value is -2.95. The largest absolute Gasteiger partial charge is 0.465 e. The van der Waals surface area contributed by atoms with E-state index in [0.29, 0.717) is 12.1 Å². The predicted octanol–water partition coefficient (Wildman–Crippen LogP) is 5.84. The summed E-state index contributed by atoms with van der Waals surface area (Å²) in [4.78, 5) is 12.4. The monoisotopic (exact) mass is 381 g/mol. The molecule has 0 aliphatic heterocycles. The Bertz CT molecular complexity index is 1050. The van der Waals surface area contributed by atoms with E-state index in [9.17, 15) is 13.6 Å². The van der Waals surface area contributed by atoms with E-state index < -0.39 is 23.1 Å². The van der Waals surface area contributed by atoms with Gasteiger partial charge in [-0.25, -0.2) is 8.78 Å². The van der Waals surface area contributed by atoms with Gasteiger partial charge < -0.3 is 9.73 Å². The normalized spacial score (nSPS) is 12.9. The molecule has 0 fully saturated rings. The lowest BCUT2D eigenvalue weighted by Gasteiger charge is -2.13. The fraction of sp³-hybridized carbons (Fsp3) is 0.261. The molecule has 1 aromatic heterocycles. The summed E-state index contributed by atoms with van der Waals surface area (Å²) in [5, 5.41) is 2.66. The van der Waals surface area contributed by atoms with E-state index >= 15 is 0 Å². The number of hydrogen-bond acceptors (Lipinski definition) is 2. The number of anilines is 1. The van der Waals surface area contributed by atoms with E-state index in [2.05, 4.69) is 5.32 Å². The zero-order valence-electron chi connectivity index (χ0n) is 15.9. The second-order valence-corrected chi connectivity index (χ2v) is 7.06. The lowest BCUT2D eigenvalue weighted by Crippen LogP contribution is -2.16. The van der Waals surface area contributed by atoms with Crippen LogP contribution in [0.1, 0.15) is 46.3 Å². The van der Waals surface area contributed by atoms with Crippen LogP contribution in [0.25, 0.3) is 11.1 Å². The van der Waals surface area contributed by atoms with Gasteiger partial charge in [0.05, 0.1) is 0 Å². The fourth-order valence-corrected chi connectivity index (χ4v) is 3.98. The first-order valence-electron chi connectivity index (χ1n) is 9.49. The molecule has 1 aliphatic carbocycles. The van der Waals surface area contributed by atoms with Crippen molar-refractivity contribution in [2.24, 2.45) is 0 Å². The summed E-state index contributed by atoms with van der Waals surface area (Å²) < 4.78 is 33.7. The second-order valence-electron chi connectivity index (χ2n) is 7.06. The first-order valence-corrected chi connectivity index (χ1v) is 9.49. The van der Waals surface area contributed by atoms with Crippen molar-refractivity contribution in [2.75, 3.05) is 5.32 Å². The molecule has 1 amide bonds. The van der Waals surface area contributed by atoms with Crippen LogP contribution in [-0.4, -0.2) is 5.91 Å². The maximum Gasteiger partial charge on any atom is 0.261 e. The Morgan fingerprint density at radius 3 is 2.61 bits per heavy atom. The number of carbonyl (C=O) groups is 1. The van der Waals surface area contributed by atoms with Gasteiger partial charge in [-0.05, 0) is 61.6 Å². The molecule has 5 heteroatoms. The molecular weight excluding hydrogens is 360 g/mol. The van der Waals surface area contributed by atoms with Crippen LogP contribution in [0.4, 0.5) is 14.5 Å². The molecule has 3 nitrogen and oxygen atoms in total. The summed E-state index contributed by atoms with van der Waals surface area (Å²) in [5.74, 6) is -0.582. The summed E-state index contributed by atoms with van der Waals surface area (Å²) in [6.45, 7) is 3.95. The van der Waals surface area contributed by atoms with Gasteiger partial charge in [0, 0.05) is 23.2 Å². The Morgan fingerprint density at radius 2 is 1.89 bits per heavy atom. The fourth-order valence-electron chi connectivity index (χ4n) is 3.98. The average molecular weight is 381 g/mol. The maximum absolute atomic E-state index is 13.9. The number of nitrogens with one attached hydrogen (secondary N) is 1. The van der Waals surface area contributed by atoms with Crippen molar-refractivity contribution in [3.63, 3.8) is 0 Å². The Morgan fingerprint density at radius 1 is 1.14 bits per heavy atom. The third-order valence-corrected chi connectivity index (χ3v) is 5.31. The number of furan rings is 1. The third-order valence-electron chi connectivity index (χ3n) is 5.31. The highest BCUT2D eigenvalue weighted by Gasteiger charge is 2.24. The summed E-state index contributed by atoms with van der Waals surface area (Å²) in [7, 11) is 0. The van der Waals surface area contributed by atoms with E-state index in [-0.39, 0.29) is 0 Å². The summed E-state index contributed by atoms with van der Waals surface area (Å²) in [6.07, 6.45) is 3.75. The quantitative estimate of drug-likeness (QED) is 0.617. The number of hydrogen-bond donors (Lipinski definition) is 1. The standard InChI is InChI=1S/C23H21F2NO2/c1-3-14-12-15(21-13(2)28-20-9-4-6-16(20)21)10-11-19(14)26-23(27)22-17(24)7-5-8-18(22)25/h5,7-8,10-12H,3-4,6,9H2,1-2H3,(H,26,27). The first kappa shape index (κ1) is 18.4. The third kappa shape index (κ3) is 3.11. The highest BCUT2D eigenvalue weighted by Crippen LogP contribution is 2.38. The molecule has 1 heterocycles. The minimum Gasteiger partial charge on any atom is -0.465 e. The predicted molar refractivity (Wildman–Crippen MR) is 105 cm³/mol. The minimum absolute atomic E-state index is 0.552. The molecule has 144 valence electrons. The molecule has 0 saturated carbocycles. The van der Waals surface area contributed by atoms with Gasteiger partial charge in [0.2, 0.25) is 0 Å². The molecule has 0 bridgehead atoms. The van der Waals surface area contributed by atoms with Crippen LogP contribution in [0.3, 0.4) is 0 Å². The van der Waals surface area contributed by atoms with Crippen LogP contribution in [-0.2, 0) is 19.3 Å². The van der Waals surface area contributed by atoms with Crippen molar-refractivity contribution in [1.29, 1.82) is 0 Å². The lowest BCUT2D eigenvalue weighted by atomic mass is 9.97. The average Bonchev–Trinajstić information content (AvgIpc) is 3.22. The van der Waals surface area contributed by atoms with E-state index in [4.69, 9.17) is 4.42 Å². The molecule has 28 heavy (non-hydrogen) atoms. The highest BCUT2D eigenvalue weighted by molar-refractivity contribution is 6.05. The highest BCUT2D eigenvalue weighted by atomic mass is 19.1. The molecule has 0 unspecified atom stereocenters. The smallest absolute Gasteiger partial charge is 0.261 e. The number of halogens is 2. The van der Waals surface area contributed by atoms with Gasteiger partial charge in [0.25, 0.3) is 5.91 Å². The topological polar surface area (TPSA) is 42.2 Å². The van der Waals surface area contributed by atoms with Crippen LogP contribution in [0.5, 0.6) is 0 Å².